The van der Waals surface area contributed by atoms with Gasteiger partial charge >= 0.3 is 12.1 Å². The summed E-state index contributed by atoms with van der Waals surface area (Å²) in [6, 6.07) is 4.16. The fraction of sp³-hybridized carbons (Fsp3) is 0.429. The van der Waals surface area contributed by atoms with Crippen LogP contribution in [0.2, 0.25) is 0 Å². The lowest BCUT2D eigenvalue weighted by Gasteiger charge is -2.12. The number of hydrogen-bond donors (Lipinski definition) is 2. The highest BCUT2D eigenvalue weighted by atomic mass is 19.4. The minimum atomic E-state index is -4.41. The van der Waals surface area contributed by atoms with Gasteiger partial charge in [0.15, 0.2) is 0 Å². The van der Waals surface area contributed by atoms with Gasteiger partial charge in [0, 0.05) is 11.6 Å². The molecule has 21 heavy (non-hydrogen) atoms. The van der Waals surface area contributed by atoms with E-state index in [0.29, 0.717) is 12.8 Å². The summed E-state index contributed by atoms with van der Waals surface area (Å²) in [5.74, 6) is -2.19. The summed E-state index contributed by atoms with van der Waals surface area (Å²) in [6.07, 6.45) is -3.23. The SMILES string of the molecule is O=C(O)C1CCC(C(=O)Nc2ccc(C(F)(F)F)cc2)C1. The van der Waals surface area contributed by atoms with Crippen molar-refractivity contribution in [3.05, 3.63) is 29.8 Å². The number of carboxylic acids is 1. The molecule has 0 heterocycles. The molecular formula is C14H14F3NO3. The van der Waals surface area contributed by atoms with Gasteiger partial charge in [0.25, 0.3) is 0 Å². The lowest BCUT2D eigenvalue weighted by Crippen LogP contribution is -2.21. The molecule has 0 aliphatic heterocycles. The summed E-state index contributed by atoms with van der Waals surface area (Å²) < 4.78 is 37.2. The van der Waals surface area contributed by atoms with Crippen molar-refractivity contribution >= 4 is 17.6 Å². The van der Waals surface area contributed by atoms with E-state index in [4.69, 9.17) is 5.11 Å². The Bertz CT molecular complexity index is 539. The van der Waals surface area contributed by atoms with Gasteiger partial charge in [-0.15, -0.1) is 0 Å². The van der Waals surface area contributed by atoms with Gasteiger partial charge in [0.1, 0.15) is 0 Å². The molecule has 0 radical (unpaired) electrons. The van der Waals surface area contributed by atoms with Crippen LogP contribution in [0.5, 0.6) is 0 Å². The van der Waals surface area contributed by atoms with Crippen LogP contribution < -0.4 is 5.32 Å². The molecule has 114 valence electrons. The monoisotopic (exact) mass is 301 g/mol. The highest BCUT2D eigenvalue weighted by Gasteiger charge is 2.34. The van der Waals surface area contributed by atoms with Crippen LogP contribution in [0.25, 0.3) is 0 Å². The largest absolute Gasteiger partial charge is 0.481 e. The maximum atomic E-state index is 12.4. The van der Waals surface area contributed by atoms with Crippen molar-refractivity contribution in [1.29, 1.82) is 0 Å². The van der Waals surface area contributed by atoms with Gasteiger partial charge in [-0.1, -0.05) is 0 Å². The van der Waals surface area contributed by atoms with Crippen LogP contribution in [0.15, 0.2) is 24.3 Å². The molecule has 1 aliphatic carbocycles. The topological polar surface area (TPSA) is 66.4 Å². The zero-order valence-corrected chi connectivity index (χ0v) is 11.0. The molecule has 1 fully saturated rings. The van der Waals surface area contributed by atoms with Gasteiger partial charge in [-0.3, -0.25) is 9.59 Å². The Morgan fingerprint density at radius 1 is 1.10 bits per heavy atom. The first-order valence-corrected chi connectivity index (χ1v) is 6.48. The van der Waals surface area contributed by atoms with E-state index in [9.17, 15) is 22.8 Å². The van der Waals surface area contributed by atoms with Crippen molar-refractivity contribution in [2.24, 2.45) is 11.8 Å². The van der Waals surface area contributed by atoms with Crippen LogP contribution in [0.3, 0.4) is 0 Å². The minimum absolute atomic E-state index is 0.266. The Kier molecular flexibility index (Phi) is 4.20. The molecule has 0 aromatic heterocycles. The number of halogens is 3. The van der Waals surface area contributed by atoms with Gasteiger partial charge in [-0.25, -0.2) is 0 Å². The fourth-order valence-electron chi connectivity index (χ4n) is 2.43. The molecule has 0 spiro atoms. The van der Waals surface area contributed by atoms with Crippen molar-refractivity contribution < 1.29 is 27.9 Å². The Hall–Kier alpha value is -2.05. The summed E-state index contributed by atoms with van der Waals surface area (Å²) in [5, 5.41) is 11.4. The summed E-state index contributed by atoms with van der Waals surface area (Å²) in [5.41, 5.74) is -0.515. The van der Waals surface area contributed by atoms with E-state index in [1.807, 2.05) is 0 Å². The molecule has 2 N–H and O–H groups in total. The number of benzene rings is 1. The predicted molar refractivity (Wildman–Crippen MR) is 68.5 cm³/mol. The highest BCUT2D eigenvalue weighted by molar-refractivity contribution is 5.93. The average Bonchev–Trinajstić information content (AvgIpc) is 2.88. The summed E-state index contributed by atoms with van der Waals surface area (Å²) >= 11 is 0. The second-order valence-electron chi connectivity index (χ2n) is 5.11. The number of rotatable bonds is 3. The number of hydrogen-bond acceptors (Lipinski definition) is 2. The van der Waals surface area contributed by atoms with E-state index >= 15 is 0 Å². The normalized spacial score (nSPS) is 22.0. The molecule has 0 saturated heterocycles. The van der Waals surface area contributed by atoms with Crippen LogP contribution in [0.4, 0.5) is 18.9 Å². The first kappa shape index (κ1) is 15.3. The first-order chi connectivity index (χ1) is 9.77. The number of aliphatic carboxylic acids is 1. The predicted octanol–water partition coefficient (Wildman–Crippen LogP) is 3.14. The molecule has 1 aliphatic rings. The number of carboxylic acid groups (broad SMARTS) is 1. The quantitative estimate of drug-likeness (QED) is 0.901. The van der Waals surface area contributed by atoms with E-state index in [2.05, 4.69) is 5.32 Å². The third-order valence-electron chi connectivity index (χ3n) is 3.63. The maximum absolute atomic E-state index is 12.4. The zero-order valence-electron chi connectivity index (χ0n) is 11.0. The van der Waals surface area contributed by atoms with Crippen LogP contribution >= 0.6 is 0 Å². The average molecular weight is 301 g/mol. The van der Waals surface area contributed by atoms with Crippen LogP contribution in [-0.2, 0) is 15.8 Å². The van der Waals surface area contributed by atoms with E-state index in [-0.39, 0.29) is 18.0 Å². The van der Waals surface area contributed by atoms with Gasteiger partial charge < -0.3 is 10.4 Å². The molecule has 2 rings (SSSR count). The Labute approximate surface area is 119 Å². The minimum Gasteiger partial charge on any atom is -0.481 e. The van der Waals surface area contributed by atoms with Crippen LogP contribution in [0, 0.1) is 11.8 Å². The van der Waals surface area contributed by atoms with E-state index in [1.54, 1.807) is 0 Å². The standard InChI is InChI=1S/C14H14F3NO3/c15-14(16,17)10-3-5-11(6-4-10)18-12(19)8-1-2-9(7-8)13(20)21/h3-6,8-9H,1-2,7H2,(H,18,19)(H,20,21). The van der Waals surface area contributed by atoms with E-state index < -0.39 is 29.5 Å². The van der Waals surface area contributed by atoms with Gasteiger partial charge in [-0.05, 0) is 43.5 Å². The number of alkyl halides is 3. The maximum Gasteiger partial charge on any atom is 0.416 e. The Morgan fingerprint density at radius 2 is 1.67 bits per heavy atom. The zero-order chi connectivity index (χ0) is 15.6. The second-order valence-corrected chi connectivity index (χ2v) is 5.11. The van der Waals surface area contributed by atoms with Crippen molar-refractivity contribution in [3.8, 4) is 0 Å². The van der Waals surface area contributed by atoms with E-state index in [0.717, 1.165) is 12.1 Å². The van der Waals surface area contributed by atoms with Crippen molar-refractivity contribution in [2.75, 3.05) is 5.32 Å². The number of carbonyl (C=O) groups is 2. The lowest BCUT2D eigenvalue weighted by molar-refractivity contribution is -0.141. The van der Waals surface area contributed by atoms with Crippen molar-refractivity contribution in [2.45, 2.75) is 25.4 Å². The Morgan fingerprint density at radius 3 is 2.14 bits per heavy atom. The molecule has 1 saturated carbocycles. The first-order valence-electron chi connectivity index (χ1n) is 6.48. The molecule has 7 heteroatoms. The molecule has 1 aromatic rings. The highest BCUT2D eigenvalue weighted by Crippen LogP contribution is 2.33. The summed E-state index contributed by atoms with van der Waals surface area (Å²) in [4.78, 5) is 22.8. The number of amides is 1. The lowest BCUT2D eigenvalue weighted by atomic mass is 10.0. The van der Waals surface area contributed by atoms with Crippen LogP contribution in [-0.4, -0.2) is 17.0 Å². The summed E-state index contributed by atoms with van der Waals surface area (Å²) in [7, 11) is 0. The molecular weight excluding hydrogens is 287 g/mol. The smallest absolute Gasteiger partial charge is 0.416 e. The van der Waals surface area contributed by atoms with Gasteiger partial charge in [0.05, 0.1) is 11.5 Å². The summed E-state index contributed by atoms with van der Waals surface area (Å²) in [6.45, 7) is 0. The third-order valence-corrected chi connectivity index (χ3v) is 3.63. The molecule has 2 unspecified atom stereocenters. The van der Waals surface area contributed by atoms with Gasteiger partial charge in [0.2, 0.25) is 5.91 Å². The Balaban J connectivity index is 1.96. The number of carbonyl (C=O) groups excluding carboxylic acids is 1. The molecule has 2 atom stereocenters. The van der Waals surface area contributed by atoms with Crippen molar-refractivity contribution in [3.63, 3.8) is 0 Å². The van der Waals surface area contributed by atoms with Crippen LogP contribution in [0.1, 0.15) is 24.8 Å². The number of anilines is 1. The van der Waals surface area contributed by atoms with Gasteiger partial charge in [-0.2, -0.15) is 13.2 Å². The molecule has 0 bridgehead atoms. The third kappa shape index (κ3) is 3.74. The fourth-order valence-corrected chi connectivity index (χ4v) is 2.43. The second kappa shape index (κ2) is 5.75. The molecule has 1 aromatic carbocycles. The van der Waals surface area contributed by atoms with E-state index in [1.165, 1.54) is 12.1 Å². The molecule has 1 amide bonds. The molecule has 4 nitrogen and oxygen atoms in total. The number of nitrogens with one attached hydrogen (secondary N) is 1. The van der Waals surface area contributed by atoms with Crippen molar-refractivity contribution in [1.82, 2.24) is 0 Å².